The van der Waals surface area contributed by atoms with Crippen LogP contribution in [0.15, 0.2) is 54.6 Å². The van der Waals surface area contributed by atoms with Gasteiger partial charge in [0.05, 0.1) is 38.3 Å². The van der Waals surface area contributed by atoms with Crippen LogP contribution in [0.5, 0.6) is 5.75 Å². The highest BCUT2D eigenvalue weighted by Crippen LogP contribution is 2.27. The summed E-state index contributed by atoms with van der Waals surface area (Å²) in [6.07, 6.45) is -0.634. The van der Waals surface area contributed by atoms with Crippen LogP contribution in [-0.4, -0.2) is 48.7 Å². The third-order valence-electron chi connectivity index (χ3n) is 4.71. The number of aromatic nitrogens is 2. The first-order valence-electron chi connectivity index (χ1n) is 9.46. The molecule has 0 spiro atoms. The van der Waals surface area contributed by atoms with E-state index >= 15 is 0 Å². The van der Waals surface area contributed by atoms with Gasteiger partial charge in [-0.25, -0.2) is 4.68 Å². The maximum atomic E-state index is 12.7. The van der Waals surface area contributed by atoms with Gasteiger partial charge in [0.2, 0.25) is 0 Å². The number of hydrogen-bond acceptors (Lipinski definition) is 5. The molecule has 7 nitrogen and oxygen atoms in total. The second kappa shape index (κ2) is 8.46. The lowest BCUT2D eigenvalue weighted by Crippen LogP contribution is -2.39. The summed E-state index contributed by atoms with van der Waals surface area (Å²) in [5.74, 6) is 1.05. The maximum absolute atomic E-state index is 12.7. The highest BCUT2D eigenvalue weighted by Gasteiger charge is 2.24. The van der Waals surface area contributed by atoms with Crippen molar-refractivity contribution in [3.05, 3.63) is 60.2 Å². The molecule has 7 heteroatoms. The number of anilines is 1. The second-order valence-electron chi connectivity index (χ2n) is 6.82. The van der Waals surface area contributed by atoms with E-state index in [9.17, 15) is 4.79 Å². The first-order valence-corrected chi connectivity index (χ1v) is 9.46. The fourth-order valence-corrected chi connectivity index (χ4v) is 3.12. The average Bonchev–Trinajstić information content (AvgIpc) is 3.18. The first-order chi connectivity index (χ1) is 14.1. The highest BCUT2D eigenvalue weighted by atomic mass is 16.6. The Bertz CT molecular complexity index is 992. The number of rotatable bonds is 5. The van der Waals surface area contributed by atoms with Gasteiger partial charge in [0.1, 0.15) is 11.6 Å². The molecule has 2 aromatic carbocycles. The van der Waals surface area contributed by atoms with E-state index < -0.39 is 6.10 Å². The van der Waals surface area contributed by atoms with Crippen LogP contribution < -0.4 is 10.1 Å². The third kappa shape index (κ3) is 4.31. The molecule has 1 unspecified atom stereocenters. The summed E-state index contributed by atoms with van der Waals surface area (Å²) >= 11 is 0. The van der Waals surface area contributed by atoms with E-state index in [0.717, 1.165) is 28.3 Å². The van der Waals surface area contributed by atoms with E-state index in [1.54, 1.807) is 11.8 Å². The number of carbonyl (C=O) groups excluding carboxylic acids is 1. The van der Waals surface area contributed by atoms with Gasteiger partial charge in [0.25, 0.3) is 5.91 Å². The van der Waals surface area contributed by atoms with Crippen LogP contribution in [-0.2, 0) is 14.3 Å². The average molecular weight is 393 g/mol. The van der Waals surface area contributed by atoms with Crippen molar-refractivity contribution in [2.24, 2.45) is 0 Å². The molecule has 1 aromatic heterocycles. The quantitative estimate of drug-likeness (QED) is 0.721. The van der Waals surface area contributed by atoms with Crippen molar-refractivity contribution in [2.75, 3.05) is 32.2 Å². The van der Waals surface area contributed by atoms with Crippen molar-refractivity contribution in [3.63, 3.8) is 0 Å². The molecule has 4 rings (SSSR count). The van der Waals surface area contributed by atoms with Crippen LogP contribution in [0.3, 0.4) is 0 Å². The molecular formula is C22H23N3O4. The van der Waals surface area contributed by atoms with Gasteiger partial charge in [-0.1, -0.05) is 29.8 Å². The molecule has 1 aliphatic heterocycles. The smallest absolute Gasteiger partial charge is 0.257 e. The molecule has 0 bridgehead atoms. The second-order valence-corrected chi connectivity index (χ2v) is 6.82. The molecule has 1 atom stereocenters. The minimum Gasteiger partial charge on any atom is -0.497 e. The molecular weight excluding hydrogens is 370 g/mol. The molecule has 1 amide bonds. The van der Waals surface area contributed by atoms with Gasteiger partial charge >= 0.3 is 0 Å². The van der Waals surface area contributed by atoms with E-state index in [-0.39, 0.29) is 12.5 Å². The number of amides is 1. The predicted molar refractivity (Wildman–Crippen MR) is 109 cm³/mol. The normalized spacial score (nSPS) is 16.4. The molecule has 0 aliphatic carbocycles. The Morgan fingerprint density at radius 1 is 1.17 bits per heavy atom. The van der Waals surface area contributed by atoms with Gasteiger partial charge in [-0.3, -0.25) is 4.79 Å². The van der Waals surface area contributed by atoms with E-state index in [2.05, 4.69) is 5.32 Å². The van der Waals surface area contributed by atoms with Gasteiger partial charge < -0.3 is 19.5 Å². The lowest BCUT2D eigenvalue weighted by molar-refractivity contribution is -0.142. The molecule has 150 valence electrons. The Kier molecular flexibility index (Phi) is 5.59. The van der Waals surface area contributed by atoms with Crippen molar-refractivity contribution in [2.45, 2.75) is 13.0 Å². The molecule has 0 radical (unpaired) electrons. The van der Waals surface area contributed by atoms with E-state index in [0.29, 0.717) is 19.0 Å². The number of hydrogen-bond donors (Lipinski definition) is 1. The number of ether oxygens (including phenoxy) is 3. The molecule has 0 saturated carbocycles. The summed E-state index contributed by atoms with van der Waals surface area (Å²) in [5, 5.41) is 7.67. The Labute approximate surface area is 169 Å². The van der Waals surface area contributed by atoms with Crippen LogP contribution in [0, 0.1) is 6.92 Å². The minimum atomic E-state index is -0.634. The monoisotopic (exact) mass is 393 g/mol. The largest absolute Gasteiger partial charge is 0.497 e. The number of nitrogens with zero attached hydrogens (tertiary/aromatic N) is 2. The van der Waals surface area contributed by atoms with Crippen LogP contribution in [0.2, 0.25) is 0 Å². The Balaban J connectivity index is 1.70. The summed E-state index contributed by atoms with van der Waals surface area (Å²) in [5.41, 5.74) is 3.61. The van der Waals surface area contributed by atoms with Crippen LogP contribution in [0.4, 0.5) is 5.82 Å². The topological polar surface area (TPSA) is 74.6 Å². The molecule has 29 heavy (non-hydrogen) atoms. The Morgan fingerprint density at radius 3 is 2.72 bits per heavy atom. The standard InChI is InChI=1S/C22H23N3O4/c1-15-6-8-17(9-7-15)25-21(23-22(26)20-14-28-10-11-29-20)13-19(24-25)16-4-3-5-18(12-16)27-2/h3-9,12-13,20H,10-11,14H2,1-2H3,(H,23,26). The fraction of sp³-hybridized carbons (Fsp3) is 0.273. The summed E-state index contributed by atoms with van der Waals surface area (Å²) in [6, 6.07) is 17.4. The van der Waals surface area contributed by atoms with Crippen molar-refractivity contribution in [1.82, 2.24) is 9.78 Å². The highest BCUT2D eigenvalue weighted by molar-refractivity contribution is 5.94. The van der Waals surface area contributed by atoms with Gasteiger partial charge in [0, 0.05) is 11.6 Å². The molecule has 1 N–H and O–H groups in total. The zero-order chi connectivity index (χ0) is 20.2. The first kappa shape index (κ1) is 19.2. The third-order valence-corrected chi connectivity index (χ3v) is 4.71. The van der Waals surface area contributed by atoms with Crippen LogP contribution in [0.25, 0.3) is 16.9 Å². The number of nitrogens with one attached hydrogen (secondary N) is 1. The van der Waals surface area contributed by atoms with Gasteiger partial charge in [0.15, 0.2) is 6.10 Å². The molecule has 2 heterocycles. The van der Waals surface area contributed by atoms with Crippen LogP contribution >= 0.6 is 0 Å². The van der Waals surface area contributed by atoms with Crippen molar-refractivity contribution in [3.8, 4) is 22.7 Å². The maximum Gasteiger partial charge on any atom is 0.257 e. The van der Waals surface area contributed by atoms with E-state index in [4.69, 9.17) is 19.3 Å². The van der Waals surface area contributed by atoms with Gasteiger partial charge in [-0.2, -0.15) is 5.10 Å². The Hall–Kier alpha value is -3.16. The number of methoxy groups -OCH3 is 1. The summed E-state index contributed by atoms with van der Waals surface area (Å²) in [6.45, 7) is 3.18. The summed E-state index contributed by atoms with van der Waals surface area (Å²) < 4.78 is 17.9. The minimum absolute atomic E-state index is 0.243. The summed E-state index contributed by atoms with van der Waals surface area (Å²) in [4.78, 5) is 12.7. The number of benzene rings is 2. The zero-order valence-electron chi connectivity index (χ0n) is 16.4. The molecule has 3 aromatic rings. The SMILES string of the molecule is COc1cccc(-c2cc(NC(=O)C3COCCO3)n(-c3ccc(C)cc3)n2)c1. The molecule has 1 saturated heterocycles. The van der Waals surface area contributed by atoms with E-state index in [1.807, 2.05) is 61.5 Å². The fourth-order valence-electron chi connectivity index (χ4n) is 3.12. The lowest BCUT2D eigenvalue weighted by Gasteiger charge is -2.22. The number of carbonyl (C=O) groups is 1. The van der Waals surface area contributed by atoms with Crippen molar-refractivity contribution in [1.29, 1.82) is 0 Å². The van der Waals surface area contributed by atoms with Crippen molar-refractivity contribution >= 4 is 11.7 Å². The molecule has 1 fully saturated rings. The number of aryl methyl sites for hydroxylation is 1. The van der Waals surface area contributed by atoms with Gasteiger partial charge in [-0.05, 0) is 31.2 Å². The van der Waals surface area contributed by atoms with Gasteiger partial charge in [-0.15, -0.1) is 0 Å². The van der Waals surface area contributed by atoms with Crippen molar-refractivity contribution < 1.29 is 19.0 Å². The lowest BCUT2D eigenvalue weighted by atomic mass is 10.1. The zero-order valence-corrected chi connectivity index (χ0v) is 16.4. The molecule has 1 aliphatic rings. The summed E-state index contributed by atoms with van der Waals surface area (Å²) in [7, 11) is 1.63. The van der Waals surface area contributed by atoms with Crippen LogP contribution in [0.1, 0.15) is 5.56 Å². The predicted octanol–water partition coefficient (Wildman–Crippen LogP) is 3.21. The Morgan fingerprint density at radius 2 is 2.00 bits per heavy atom. The van der Waals surface area contributed by atoms with E-state index in [1.165, 1.54) is 0 Å².